The van der Waals surface area contributed by atoms with Gasteiger partial charge in [0.25, 0.3) is 0 Å². The van der Waals surface area contributed by atoms with Crippen molar-refractivity contribution in [2.45, 2.75) is 18.0 Å². The fourth-order valence-electron chi connectivity index (χ4n) is 0.870. The lowest BCUT2D eigenvalue weighted by Crippen LogP contribution is -2.31. The van der Waals surface area contributed by atoms with Crippen molar-refractivity contribution >= 4 is 15.2 Å². The fraction of sp³-hybridized carbons (Fsp3) is 1.00. The second-order valence-electron chi connectivity index (χ2n) is 3.34. The largest absolute Gasteiger partial charge is 0.378 e. The zero-order valence-electron chi connectivity index (χ0n) is 8.26. The number of hydrogen-bond acceptors (Lipinski definition) is 4. The molecule has 0 bridgehead atoms. The molecule has 0 aliphatic heterocycles. The van der Waals surface area contributed by atoms with Gasteiger partial charge in [-0.15, -0.1) is 0 Å². The lowest BCUT2D eigenvalue weighted by Gasteiger charge is -2.25. The molecule has 5 N–H and O–H groups in total. The van der Waals surface area contributed by atoms with Gasteiger partial charge in [-0.3, -0.25) is 14.0 Å². The molecule has 8 nitrogen and oxygen atoms in total. The van der Waals surface area contributed by atoms with E-state index >= 15 is 0 Å². The summed E-state index contributed by atoms with van der Waals surface area (Å²) in [5.74, 6) is 0. The Hall–Kier alpha value is 0.220. The molecule has 0 saturated carbocycles. The Morgan fingerprint density at radius 2 is 1.40 bits per heavy atom. The van der Waals surface area contributed by atoms with Crippen LogP contribution in [0.3, 0.4) is 0 Å². The van der Waals surface area contributed by atoms with Gasteiger partial charge in [0.05, 0.1) is 0 Å². The number of rotatable bonds is 5. The summed E-state index contributed by atoms with van der Waals surface area (Å²) in [5.41, 5.74) is 0. The molecule has 10 heteroatoms. The van der Waals surface area contributed by atoms with Crippen molar-refractivity contribution < 1.29 is 33.8 Å². The van der Waals surface area contributed by atoms with Gasteiger partial charge in [0.2, 0.25) is 0 Å². The van der Waals surface area contributed by atoms with Crippen LogP contribution in [0.4, 0.5) is 0 Å². The smallest absolute Gasteiger partial charge is 0.340 e. The topological polar surface area (TPSA) is 139 Å². The molecule has 0 spiro atoms. The van der Waals surface area contributed by atoms with E-state index in [4.69, 9.17) is 19.6 Å². The number of aliphatic hydroxyl groups is 1. The first kappa shape index (κ1) is 15.2. The molecule has 92 valence electrons. The van der Waals surface area contributed by atoms with Crippen LogP contribution in [0.2, 0.25) is 0 Å². The van der Waals surface area contributed by atoms with Crippen LogP contribution in [0.5, 0.6) is 0 Å². The number of nitrogens with zero attached hydrogens (tertiary/aromatic N) is 1. The maximum absolute atomic E-state index is 10.8. The van der Waals surface area contributed by atoms with Crippen molar-refractivity contribution in [3.63, 3.8) is 0 Å². The van der Waals surface area contributed by atoms with Gasteiger partial charge < -0.3 is 24.7 Å². The predicted octanol–water partition coefficient (Wildman–Crippen LogP) is -1.06. The van der Waals surface area contributed by atoms with Crippen LogP contribution < -0.4 is 0 Å². The molecule has 0 radical (unpaired) electrons. The van der Waals surface area contributed by atoms with E-state index in [0.717, 1.165) is 0 Å². The zero-order chi connectivity index (χ0) is 12.4. The molecule has 0 fully saturated rings. The molecule has 1 unspecified atom stereocenters. The highest BCUT2D eigenvalue weighted by Crippen LogP contribution is 2.61. The monoisotopic (exact) mass is 263 g/mol. The van der Waals surface area contributed by atoms with Gasteiger partial charge in [-0.25, -0.2) is 0 Å². The van der Waals surface area contributed by atoms with Gasteiger partial charge in [0.15, 0.2) is 5.40 Å². The van der Waals surface area contributed by atoms with Crippen LogP contribution in [0, 0.1) is 0 Å². The second kappa shape index (κ2) is 5.03. The molecule has 0 aliphatic carbocycles. The standard InChI is InChI=1S/C5H15NO7P2/c1-6(2)4(7)3-5(14(8,9)10)15(11,12)13/h4-5,7H,3H2,1-2H3,(H2,8,9,10)(H2,11,12,13). The van der Waals surface area contributed by atoms with Crippen molar-refractivity contribution in [3.05, 3.63) is 0 Å². The molecule has 0 aliphatic rings. The summed E-state index contributed by atoms with van der Waals surface area (Å²) in [5, 5.41) is 7.10. The van der Waals surface area contributed by atoms with E-state index < -0.39 is 33.2 Å². The Kier molecular flexibility index (Phi) is 5.11. The normalized spacial score (nSPS) is 16.1. The van der Waals surface area contributed by atoms with Crippen LogP contribution in [0.1, 0.15) is 6.42 Å². The van der Waals surface area contributed by atoms with Crippen LogP contribution in [-0.4, -0.2) is 55.3 Å². The summed E-state index contributed by atoms with van der Waals surface area (Å²) in [4.78, 5) is 36.1. The maximum atomic E-state index is 10.8. The molecular formula is C5H15NO7P2. The minimum atomic E-state index is -4.94. The Morgan fingerprint density at radius 3 is 1.60 bits per heavy atom. The molecule has 0 aromatic rings. The molecule has 0 aromatic carbocycles. The molecule has 1 atom stereocenters. The first-order valence-electron chi connectivity index (χ1n) is 3.91. The summed E-state index contributed by atoms with van der Waals surface area (Å²) in [6.07, 6.45) is -2.02. The van der Waals surface area contributed by atoms with E-state index in [0.29, 0.717) is 0 Å². The van der Waals surface area contributed by atoms with Crippen LogP contribution in [0.15, 0.2) is 0 Å². The van der Waals surface area contributed by atoms with Gasteiger partial charge in [0.1, 0.15) is 6.23 Å². The van der Waals surface area contributed by atoms with Crippen LogP contribution in [-0.2, 0) is 9.13 Å². The highest BCUT2D eigenvalue weighted by molar-refractivity contribution is 7.70. The molecule has 0 rings (SSSR count). The van der Waals surface area contributed by atoms with E-state index in [1.807, 2.05) is 0 Å². The van der Waals surface area contributed by atoms with E-state index in [-0.39, 0.29) is 0 Å². The first-order valence-corrected chi connectivity index (χ1v) is 7.27. The van der Waals surface area contributed by atoms with Crippen LogP contribution >= 0.6 is 15.2 Å². The maximum Gasteiger partial charge on any atom is 0.340 e. The van der Waals surface area contributed by atoms with Crippen molar-refractivity contribution in [2.75, 3.05) is 14.1 Å². The van der Waals surface area contributed by atoms with E-state index in [1.54, 1.807) is 0 Å². The summed E-state index contributed by atoms with van der Waals surface area (Å²) in [6.45, 7) is 0. The van der Waals surface area contributed by atoms with Gasteiger partial charge in [-0.1, -0.05) is 0 Å². The second-order valence-corrected chi connectivity index (χ2v) is 7.35. The molecule has 0 aromatic heterocycles. The summed E-state index contributed by atoms with van der Waals surface area (Å²) < 4.78 is 21.6. The molecule has 0 saturated heterocycles. The summed E-state index contributed by atoms with van der Waals surface area (Å²) in [6, 6.07) is 0. The van der Waals surface area contributed by atoms with E-state index in [1.165, 1.54) is 19.0 Å². The zero-order valence-corrected chi connectivity index (χ0v) is 10.0. The van der Waals surface area contributed by atoms with E-state index in [2.05, 4.69) is 0 Å². The van der Waals surface area contributed by atoms with Crippen molar-refractivity contribution in [3.8, 4) is 0 Å². The highest BCUT2D eigenvalue weighted by Gasteiger charge is 2.44. The third kappa shape index (κ3) is 5.19. The number of aliphatic hydroxyl groups excluding tert-OH is 1. The van der Waals surface area contributed by atoms with Gasteiger partial charge in [-0.2, -0.15) is 0 Å². The number of hydrogen-bond donors (Lipinski definition) is 5. The third-order valence-corrected chi connectivity index (χ3v) is 5.57. The van der Waals surface area contributed by atoms with Gasteiger partial charge >= 0.3 is 15.2 Å². The summed E-state index contributed by atoms with van der Waals surface area (Å²) in [7, 11) is -7.05. The average Bonchev–Trinajstić information content (AvgIpc) is 1.94. The predicted molar refractivity (Wildman–Crippen MR) is 52.2 cm³/mol. The van der Waals surface area contributed by atoms with Gasteiger partial charge in [-0.05, 0) is 14.1 Å². The highest BCUT2D eigenvalue weighted by atomic mass is 31.2. The fourth-order valence-corrected chi connectivity index (χ4v) is 3.36. The molecule has 0 heterocycles. The Labute approximate surface area is 86.9 Å². The molecule has 0 amide bonds. The van der Waals surface area contributed by atoms with E-state index in [9.17, 15) is 14.2 Å². The SMILES string of the molecule is CN(C)C(O)CC(P(=O)(O)O)P(=O)(O)O. The van der Waals surface area contributed by atoms with Crippen molar-refractivity contribution in [2.24, 2.45) is 0 Å². The molecule has 15 heavy (non-hydrogen) atoms. The lowest BCUT2D eigenvalue weighted by atomic mass is 10.4. The Morgan fingerprint density at radius 1 is 1.07 bits per heavy atom. The van der Waals surface area contributed by atoms with Crippen molar-refractivity contribution in [1.82, 2.24) is 4.90 Å². The van der Waals surface area contributed by atoms with Crippen LogP contribution in [0.25, 0.3) is 0 Å². The molecular weight excluding hydrogens is 248 g/mol. The first-order chi connectivity index (χ1) is 6.46. The van der Waals surface area contributed by atoms with Gasteiger partial charge in [0, 0.05) is 6.42 Å². The average molecular weight is 263 g/mol. The summed E-state index contributed by atoms with van der Waals surface area (Å²) >= 11 is 0. The minimum Gasteiger partial charge on any atom is -0.378 e. The van der Waals surface area contributed by atoms with Crippen molar-refractivity contribution in [1.29, 1.82) is 0 Å². The quantitative estimate of drug-likeness (QED) is 0.312. The Bertz CT molecular complexity index is 272. The minimum absolute atomic E-state index is 0.693. The third-order valence-electron chi connectivity index (χ3n) is 1.79. The lowest BCUT2D eigenvalue weighted by molar-refractivity contribution is 0.0338. The Balaban J connectivity index is 4.86.